The molecule has 0 saturated carbocycles. The fourth-order valence-corrected chi connectivity index (χ4v) is 3.55. The Morgan fingerprint density at radius 1 is 1.26 bits per heavy atom. The summed E-state index contributed by atoms with van der Waals surface area (Å²) in [5.41, 5.74) is 5.85. The van der Waals surface area contributed by atoms with Crippen molar-refractivity contribution in [3.8, 4) is 0 Å². The second-order valence-corrected chi connectivity index (χ2v) is 7.48. The smallest absolute Gasteiger partial charge is 0.0937 e. The van der Waals surface area contributed by atoms with Gasteiger partial charge in [-0.05, 0) is 48.6 Å². The topological polar surface area (TPSA) is 22.1 Å². The molecular formula is C17H25NO. The zero-order valence-corrected chi connectivity index (χ0v) is 12.8. The second kappa shape index (κ2) is 4.05. The monoisotopic (exact) mass is 259 g/mol. The maximum Gasteiger partial charge on any atom is 0.0937 e. The summed E-state index contributed by atoms with van der Waals surface area (Å²) in [7, 11) is 0. The van der Waals surface area contributed by atoms with Crippen LogP contribution in [0.3, 0.4) is 0 Å². The van der Waals surface area contributed by atoms with Gasteiger partial charge in [0.15, 0.2) is 0 Å². The molecule has 2 heteroatoms. The average molecular weight is 259 g/mol. The molecule has 2 nitrogen and oxygen atoms in total. The number of hydrogen-bond donors (Lipinski definition) is 0. The highest BCUT2D eigenvalue weighted by molar-refractivity contribution is 5.44. The van der Waals surface area contributed by atoms with Crippen molar-refractivity contribution in [3.63, 3.8) is 0 Å². The number of rotatable bonds is 1. The standard InChI is InChI=1S/C17H25NO/c1-11(2)17(5)15-12(10-19-17)9-18-14-8-16(3,4)7-6-13(14)15/h9,11H,6-8,10H2,1-5H3. The van der Waals surface area contributed by atoms with Crippen LogP contribution in [-0.2, 0) is 29.8 Å². The number of fused-ring (bicyclic) bond motifs is 3. The number of ether oxygens (including phenoxy) is 1. The van der Waals surface area contributed by atoms with Gasteiger partial charge in [0, 0.05) is 17.5 Å². The molecule has 1 unspecified atom stereocenters. The minimum absolute atomic E-state index is 0.121. The van der Waals surface area contributed by atoms with Gasteiger partial charge in [-0.2, -0.15) is 0 Å². The number of aromatic nitrogens is 1. The first-order valence-electron chi connectivity index (χ1n) is 7.47. The molecule has 3 rings (SSSR count). The molecule has 0 saturated heterocycles. The quantitative estimate of drug-likeness (QED) is 0.760. The molecule has 104 valence electrons. The van der Waals surface area contributed by atoms with Gasteiger partial charge in [-0.1, -0.05) is 27.7 Å². The van der Waals surface area contributed by atoms with E-state index >= 15 is 0 Å². The molecule has 0 spiro atoms. The maximum absolute atomic E-state index is 6.15. The Labute approximate surface area is 116 Å². The SMILES string of the molecule is CC(C)C1(C)OCc2cnc3c(c21)CCC(C)(C)C3. The Morgan fingerprint density at radius 2 is 2.00 bits per heavy atom. The summed E-state index contributed by atoms with van der Waals surface area (Å²) in [6.45, 7) is 12.2. The lowest BCUT2D eigenvalue weighted by Crippen LogP contribution is -2.32. The first-order chi connectivity index (χ1) is 8.83. The molecule has 1 aliphatic heterocycles. The predicted octanol–water partition coefficient (Wildman–Crippen LogP) is 4.00. The van der Waals surface area contributed by atoms with Gasteiger partial charge in [0.05, 0.1) is 12.2 Å². The molecule has 0 radical (unpaired) electrons. The second-order valence-electron chi connectivity index (χ2n) is 7.48. The summed E-state index contributed by atoms with van der Waals surface area (Å²) in [5, 5.41) is 0. The van der Waals surface area contributed by atoms with Crippen molar-refractivity contribution in [2.45, 2.75) is 66.1 Å². The zero-order valence-electron chi connectivity index (χ0n) is 12.8. The molecule has 0 bridgehead atoms. The van der Waals surface area contributed by atoms with Crippen molar-refractivity contribution in [1.29, 1.82) is 0 Å². The van der Waals surface area contributed by atoms with Crippen molar-refractivity contribution in [2.75, 3.05) is 0 Å². The average Bonchev–Trinajstić information content (AvgIpc) is 2.67. The van der Waals surface area contributed by atoms with Crippen LogP contribution in [0.5, 0.6) is 0 Å². The molecule has 0 aromatic carbocycles. The molecule has 0 fully saturated rings. The Kier molecular flexibility index (Phi) is 2.79. The van der Waals surface area contributed by atoms with Gasteiger partial charge in [0.2, 0.25) is 0 Å². The van der Waals surface area contributed by atoms with Gasteiger partial charge in [-0.15, -0.1) is 0 Å². The van der Waals surface area contributed by atoms with Gasteiger partial charge in [-0.3, -0.25) is 4.98 Å². The highest BCUT2D eigenvalue weighted by atomic mass is 16.5. The summed E-state index contributed by atoms with van der Waals surface area (Å²) < 4.78 is 6.15. The third kappa shape index (κ3) is 1.92. The van der Waals surface area contributed by atoms with Gasteiger partial charge in [0.1, 0.15) is 0 Å². The van der Waals surface area contributed by atoms with Crippen LogP contribution in [-0.4, -0.2) is 4.98 Å². The lowest BCUT2D eigenvalue weighted by Gasteiger charge is -2.36. The summed E-state index contributed by atoms with van der Waals surface area (Å²) in [6.07, 6.45) is 5.57. The van der Waals surface area contributed by atoms with E-state index in [4.69, 9.17) is 9.72 Å². The Balaban J connectivity index is 2.14. The van der Waals surface area contributed by atoms with Crippen LogP contribution in [0.25, 0.3) is 0 Å². The first kappa shape index (κ1) is 13.1. The minimum atomic E-state index is -0.121. The van der Waals surface area contributed by atoms with Crippen molar-refractivity contribution >= 4 is 0 Å². The van der Waals surface area contributed by atoms with E-state index in [1.54, 1.807) is 0 Å². The molecule has 0 N–H and O–H groups in total. The van der Waals surface area contributed by atoms with Gasteiger partial charge in [-0.25, -0.2) is 0 Å². The van der Waals surface area contributed by atoms with E-state index in [-0.39, 0.29) is 5.60 Å². The van der Waals surface area contributed by atoms with Crippen molar-refractivity contribution in [1.82, 2.24) is 4.98 Å². The molecule has 19 heavy (non-hydrogen) atoms. The van der Waals surface area contributed by atoms with Crippen LogP contribution >= 0.6 is 0 Å². The van der Waals surface area contributed by atoms with E-state index in [2.05, 4.69) is 40.8 Å². The number of hydrogen-bond acceptors (Lipinski definition) is 2. The summed E-state index contributed by atoms with van der Waals surface area (Å²) in [6, 6.07) is 0. The highest BCUT2D eigenvalue weighted by Gasteiger charge is 2.42. The molecule has 2 heterocycles. The van der Waals surface area contributed by atoms with Gasteiger partial charge in [0.25, 0.3) is 0 Å². The van der Waals surface area contributed by atoms with E-state index in [9.17, 15) is 0 Å². The Hall–Kier alpha value is -0.890. The fraction of sp³-hybridized carbons (Fsp3) is 0.706. The fourth-order valence-electron chi connectivity index (χ4n) is 3.55. The van der Waals surface area contributed by atoms with Gasteiger partial charge >= 0.3 is 0 Å². The summed E-state index contributed by atoms with van der Waals surface area (Å²) in [5.74, 6) is 0.496. The maximum atomic E-state index is 6.15. The summed E-state index contributed by atoms with van der Waals surface area (Å²) in [4.78, 5) is 4.73. The van der Waals surface area contributed by atoms with E-state index < -0.39 is 0 Å². The van der Waals surface area contributed by atoms with Crippen LogP contribution in [0.1, 0.15) is 63.4 Å². The summed E-state index contributed by atoms with van der Waals surface area (Å²) >= 11 is 0. The lowest BCUT2D eigenvalue weighted by atomic mass is 9.72. The van der Waals surface area contributed by atoms with E-state index in [1.165, 1.54) is 28.8 Å². The predicted molar refractivity (Wildman–Crippen MR) is 77.0 cm³/mol. The third-order valence-electron chi connectivity index (χ3n) is 5.17. The van der Waals surface area contributed by atoms with E-state index in [1.807, 2.05) is 0 Å². The number of pyridine rings is 1. The lowest BCUT2D eigenvalue weighted by molar-refractivity contribution is -0.0582. The van der Waals surface area contributed by atoms with Crippen molar-refractivity contribution < 1.29 is 4.74 Å². The van der Waals surface area contributed by atoms with Crippen LogP contribution in [0.15, 0.2) is 6.20 Å². The normalized spacial score (nSPS) is 28.3. The van der Waals surface area contributed by atoms with Gasteiger partial charge < -0.3 is 4.74 Å². The molecule has 0 amide bonds. The molecule has 1 aromatic heterocycles. The Bertz CT molecular complexity index is 518. The minimum Gasteiger partial charge on any atom is -0.366 e. The largest absolute Gasteiger partial charge is 0.366 e. The highest BCUT2D eigenvalue weighted by Crippen LogP contribution is 2.47. The first-order valence-corrected chi connectivity index (χ1v) is 7.47. The van der Waals surface area contributed by atoms with Crippen LogP contribution in [0.2, 0.25) is 0 Å². The molecular weight excluding hydrogens is 234 g/mol. The third-order valence-corrected chi connectivity index (χ3v) is 5.17. The molecule has 1 atom stereocenters. The molecule has 1 aliphatic carbocycles. The van der Waals surface area contributed by atoms with Crippen molar-refractivity contribution in [3.05, 3.63) is 28.6 Å². The molecule has 2 aliphatic rings. The van der Waals surface area contributed by atoms with Crippen LogP contribution in [0.4, 0.5) is 0 Å². The van der Waals surface area contributed by atoms with Crippen molar-refractivity contribution in [2.24, 2.45) is 11.3 Å². The van der Waals surface area contributed by atoms with Crippen LogP contribution in [0, 0.1) is 11.3 Å². The Morgan fingerprint density at radius 3 is 2.68 bits per heavy atom. The number of nitrogens with zero attached hydrogens (tertiary/aromatic N) is 1. The van der Waals surface area contributed by atoms with Crippen LogP contribution < -0.4 is 0 Å². The van der Waals surface area contributed by atoms with E-state index in [0.29, 0.717) is 11.3 Å². The zero-order chi connectivity index (χ0) is 13.8. The van der Waals surface area contributed by atoms with E-state index in [0.717, 1.165) is 19.4 Å². The molecule has 1 aromatic rings.